The fraction of sp³-hybridized carbons (Fsp3) is 0.500. The third kappa shape index (κ3) is 4.62. The van der Waals surface area contributed by atoms with Gasteiger partial charge >= 0.3 is 0 Å². The fourth-order valence-electron chi connectivity index (χ4n) is 5.62. The van der Waals surface area contributed by atoms with Crippen LogP contribution in [0.4, 0.5) is 4.39 Å². The average Bonchev–Trinajstić information content (AvgIpc) is 3.64. The number of nitrogens with zero attached hydrogens (tertiary/aromatic N) is 3. The number of pyridine rings is 1. The lowest BCUT2D eigenvalue weighted by Crippen LogP contribution is -2.54. The van der Waals surface area contributed by atoms with Crippen LogP contribution < -0.4 is 15.8 Å². The summed E-state index contributed by atoms with van der Waals surface area (Å²) in [7, 11) is 0. The molecule has 0 saturated heterocycles. The number of nitrogens with one attached hydrogen (secondary N) is 1. The summed E-state index contributed by atoms with van der Waals surface area (Å²) in [5.74, 6) is -1.18. The lowest BCUT2D eigenvalue weighted by molar-refractivity contribution is -0.133. The first-order valence-electron chi connectivity index (χ1n) is 13.0. The van der Waals surface area contributed by atoms with Gasteiger partial charge in [-0.15, -0.1) is 0 Å². The first-order chi connectivity index (χ1) is 17.9. The minimum Gasteiger partial charge on any atom is -0.485 e. The first-order valence-corrected chi connectivity index (χ1v) is 13.0. The normalized spacial score (nSPS) is 30.5. The maximum absolute atomic E-state index is 14.2. The highest BCUT2D eigenvalue weighted by Gasteiger charge is 2.54. The zero-order valence-corrected chi connectivity index (χ0v) is 22.0. The van der Waals surface area contributed by atoms with Gasteiger partial charge in [0.25, 0.3) is 0 Å². The van der Waals surface area contributed by atoms with Gasteiger partial charge in [0.2, 0.25) is 11.8 Å². The number of fused-ring (bicyclic) bond motifs is 1. The van der Waals surface area contributed by atoms with Gasteiger partial charge in [0.1, 0.15) is 23.3 Å². The second-order valence-corrected chi connectivity index (χ2v) is 11.3. The molecule has 4 N–H and O–H groups in total. The maximum atomic E-state index is 14.2. The molecule has 3 aliphatic rings. The van der Waals surface area contributed by atoms with Crippen molar-refractivity contribution in [2.75, 3.05) is 0 Å². The molecule has 6 atom stereocenters. The zero-order chi connectivity index (χ0) is 27.4. The zero-order valence-electron chi connectivity index (χ0n) is 22.0. The van der Waals surface area contributed by atoms with Crippen LogP contribution in [0.2, 0.25) is 0 Å². The lowest BCUT2D eigenvalue weighted by Gasteiger charge is -2.42. The van der Waals surface area contributed by atoms with Crippen LogP contribution in [0, 0.1) is 17.7 Å². The van der Waals surface area contributed by atoms with Gasteiger partial charge in [0, 0.05) is 17.7 Å². The molecular formula is C28H34FN5O4. The van der Waals surface area contributed by atoms with Gasteiger partial charge in [-0.25, -0.2) is 9.38 Å². The van der Waals surface area contributed by atoms with Crippen molar-refractivity contribution in [3.05, 3.63) is 59.7 Å². The largest absolute Gasteiger partial charge is 0.485 e. The Morgan fingerprint density at radius 2 is 2.05 bits per heavy atom. The van der Waals surface area contributed by atoms with Gasteiger partial charge in [-0.3, -0.25) is 19.5 Å². The van der Waals surface area contributed by atoms with E-state index in [0.29, 0.717) is 29.7 Å². The Hall–Kier alpha value is -3.53. The van der Waals surface area contributed by atoms with E-state index in [9.17, 15) is 19.1 Å². The van der Waals surface area contributed by atoms with E-state index >= 15 is 0 Å². The van der Waals surface area contributed by atoms with Crippen molar-refractivity contribution in [1.29, 1.82) is 0 Å². The third-order valence-corrected chi connectivity index (χ3v) is 8.07. The molecule has 6 unspecified atom stereocenters. The second-order valence-electron chi connectivity index (χ2n) is 11.3. The van der Waals surface area contributed by atoms with Gasteiger partial charge in [0.15, 0.2) is 5.96 Å². The predicted molar refractivity (Wildman–Crippen MR) is 138 cm³/mol. The van der Waals surface area contributed by atoms with E-state index in [1.165, 1.54) is 17.2 Å². The van der Waals surface area contributed by atoms with Crippen LogP contribution in [0.25, 0.3) is 0 Å². The number of ether oxygens (including phenoxy) is 1. The molecule has 1 aliphatic carbocycles. The van der Waals surface area contributed by atoms with Crippen LogP contribution in [0.3, 0.4) is 0 Å². The molecule has 2 aliphatic heterocycles. The van der Waals surface area contributed by atoms with E-state index in [1.54, 1.807) is 13.8 Å². The van der Waals surface area contributed by atoms with E-state index in [1.807, 2.05) is 38.1 Å². The van der Waals surface area contributed by atoms with E-state index < -0.39 is 41.1 Å². The molecule has 0 bridgehead atoms. The monoisotopic (exact) mass is 523 g/mol. The molecule has 9 nitrogen and oxygen atoms in total. The highest BCUT2D eigenvalue weighted by atomic mass is 19.1. The topological polar surface area (TPSA) is 130 Å². The third-order valence-electron chi connectivity index (χ3n) is 8.07. The van der Waals surface area contributed by atoms with Crippen LogP contribution >= 0.6 is 0 Å². The number of halogens is 1. The van der Waals surface area contributed by atoms with Gasteiger partial charge in [-0.2, -0.15) is 0 Å². The highest BCUT2D eigenvalue weighted by molar-refractivity contribution is 5.99. The number of hydrogen-bond acceptors (Lipinski definition) is 7. The standard InChI is InChI=1S/C28H34FN5O4/c1-5-28(4)12-21(35)34(26(30)33-28)23(15-10-16(29)14-31-13-15)18-11-19(18)25(37)32-22-17-8-6-7-9-20(17)38-27(2,3)24(22)36/h6-10,13-14,18-19,22-24,36H,5,11-12H2,1-4H3,(H2,30,33)(H,32,37). The summed E-state index contributed by atoms with van der Waals surface area (Å²) in [5.41, 5.74) is 5.95. The van der Waals surface area contributed by atoms with Crippen molar-refractivity contribution in [3.63, 3.8) is 0 Å². The van der Waals surface area contributed by atoms with Crippen LogP contribution in [0.15, 0.2) is 47.7 Å². The number of benzene rings is 1. The molecular weight excluding hydrogens is 489 g/mol. The van der Waals surface area contributed by atoms with Gasteiger partial charge < -0.3 is 20.9 Å². The predicted octanol–water partition coefficient (Wildman–Crippen LogP) is 3.00. The fourth-order valence-corrected chi connectivity index (χ4v) is 5.62. The Labute approximate surface area is 221 Å². The molecule has 38 heavy (non-hydrogen) atoms. The van der Waals surface area contributed by atoms with Crippen molar-refractivity contribution in [2.45, 2.75) is 76.3 Å². The van der Waals surface area contributed by atoms with Crippen molar-refractivity contribution in [3.8, 4) is 5.75 Å². The number of carbonyl (C=O) groups excluding carboxylic acids is 2. The molecule has 10 heteroatoms. The SMILES string of the molecule is CCC1(C)CC(=O)N(C(c2cncc(F)c2)C2CC2C(=O)NC2c3ccccc3OC(C)(C)C2O)C(N)=N1. The van der Waals surface area contributed by atoms with Crippen molar-refractivity contribution in [2.24, 2.45) is 22.6 Å². The molecule has 2 aromatic rings. The Bertz CT molecular complexity index is 1300. The number of aromatic nitrogens is 1. The van der Waals surface area contributed by atoms with Crippen LogP contribution in [0.1, 0.15) is 70.2 Å². The second kappa shape index (κ2) is 9.34. The number of nitrogens with two attached hydrogens (primary N) is 1. The number of guanidine groups is 1. The Balaban J connectivity index is 1.43. The van der Waals surface area contributed by atoms with Gasteiger partial charge in [-0.05, 0) is 57.2 Å². The van der Waals surface area contributed by atoms with E-state index in [4.69, 9.17) is 10.5 Å². The molecule has 5 rings (SSSR count). The highest BCUT2D eigenvalue weighted by Crippen LogP contribution is 2.52. The molecule has 0 spiro atoms. The Kier molecular flexibility index (Phi) is 6.41. The van der Waals surface area contributed by atoms with Crippen molar-refractivity contribution >= 4 is 17.8 Å². The van der Waals surface area contributed by atoms with Crippen molar-refractivity contribution in [1.82, 2.24) is 15.2 Å². The van der Waals surface area contributed by atoms with Crippen LogP contribution in [-0.4, -0.2) is 50.0 Å². The summed E-state index contributed by atoms with van der Waals surface area (Å²) in [6.07, 6.45) is 2.86. The van der Waals surface area contributed by atoms with Crippen molar-refractivity contribution < 1.29 is 23.8 Å². The summed E-state index contributed by atoms with van der Waals surface area (Å²) in [4.78, 5) is 36.9. The summed E-state index contributed by atoms with van der Waals surface area (Å²) in [6.45, 7) is 7.36. The Morgan fingerprint density at radius 1 is 1.32 bits per heavy atom. The number of carbonyl (C=O) groups is 2. The summed E-state index contributed by atoms with van der Waals surface area (Å²) in [5, 5.41) is 14.1. The number of aliphatic hydroxyl groups is 1. The molecule has 0 radical (unpaired) electrons. The summed E-state index contributed by atoms with van der Waals surface area (Å²) >= 11 is 0. The minimum atomic E-state index is -0.986. The summed E-state index contributed by atoms with van der Waals surface area (Å²) < 4.78 is 20.2. The molecule has 1 aromatic carbocycles. The molecule has 1 saturated carbocycles. The quantitative estimate of drug-likeness (QED) is 0.534. The molecule has 3 heterocycles. The molecule has 2 amide bonds. The Morgan fingerprint density at radius 3 is 2.74 bits per heavy atom. The average molecular weight is 524 g/mol. The van der Waals surface area contributed by atoms with E-state index in [2.05, 4.69) is 15.3 Å². The van der Waals surface area contributed by atoms with Gasteiger partial charge in [-0.1, -0.05) is 25.1 Å². The number of aliphatic hydroxyl groups excluding tert-OH is 1. The van der Waals surface area contributed by atoms with E-state index in [0.717, 1.165) is 6.20 Å². The molecule has 1 fully saturated rings. The number of rotatable bonds is 6. The molecule has 1 aromatic heterocycles. The smallest absolute Gasteiger partial charge is 0.232 e. The lowest BCUT2D eigenvalue weighted by atomic mass is 9.86. The number of hydrogen-bond donors (Lipinski definition) is 3. The summed E-state index contributed by atoms with van der Waals surface area (Å²) in [6, 6.07) is 7.24. The van der Waals surface area contributed by atoms with Crippen LogP contribution in [-0.2, 0) is 9.59 Å². The number of aliphatic imine (C=N–C) groups is 1. The van der Waals surface area contributed by atoms with Gasteiger partial charge in [0.05, 0.1) is 30.2 Å². The maximum Gasteiger partial charge on any atom is 0.232 e. The first kappa shape index (κ1) is 26.1. The minimum absolute atomic E-state index is 0.0569. The number of para-hydroxylation sites is 1. The van der Waals surface area contributed by atoms with Crippen LogP contribution in [0.5, 0.6) is 5.75 Å². The molecule has 202 valence electrons. The number of amides is 2. The van der Waals surface area contributed by atoms with E-state index in [-0.39, 0.29) is 30.1 Å².